The highest BCUT2D eigenvalue weighted by Gasteiger charge is 2.50. The van der Waals surface area contributed by atoms with Gasteiger partial charge in [0.2, 0.25) is 11.8 Å². The number of halogens is 1. The summed E-state index contributed by atoms with van der Waals surface area (Å²) in [4.78, 5) is 26.9. The monoisotopic (exact) mass is 411 g/mol. The molecule has 2 amide bonds. The molecule has 26 heavy (non-hydrogen) atoms. The molecular weight excluding hydrogens is 394 g/mol. The van der Waals surface area contributed by atoms with E-state index in [-0.39, 0.29) is 29.6 Å². The van der Waals surface area contributed by atoms with E-state index in [1.807, 2.05) is 43.3 Å². The molecule has 0 saturated carbocycles. The van der Waals surface area contributed by atoms with E-state index < -0.39 is 0 Å². The Hall–Kier alpha value is -2.40. The van der Waals surface area contributed by atoms with Gasteiger partial charge in [-0.25, -0.2) is 0 Å². The van der Waals surface area contributed by atoms with Crippen LogP contribution in [0.5, 0.6) is 11.5 Å². The van der Waals surface area contributed by atoms with Gasteiger partial charge >= 0.3 is 0 Å². The van der Waals surface area contributed by atoms with Crippen LogP contribution in [0.15, 0.2) is 65.2 Å². The van der Waals surface area contributed by atoms with Crippen molar-refractivity contribution in [3.63, 3.8) is 0 Å². The molecule has 2 aliphatic rings. The minimum Gasteiger partial charge on any atom is -0.457 e. The van der Waals surface area contributed by atoms with E-state index in [9.17, 15) is 9.59 Å². The summed E-state index contributed by atoms with van der Waals surface area (Å²) >= 11 is 3.39. The summed E-state index contributed by atoms with van der Waals surface area (Å²) in [5, 5.41) is 0. The zero-order chi connectivity index (χ0) is 18.3. The fraction of sp³-hybridized carbons (Fsp3) is 0.238. The number of fused-ring (bicyclic) bond motifs is 1. The lowest BCUT2D eigenvalue weighted by atomic mass is 9.78. The first-order valence-electron chi connectivity index (χ1n) is 8.62. The molecule has 4 nitrogen and oxygen atoms in total. The third-order valence-electron chi connectivity index (χ3n) is 5.02. The quantitative estimate of drug-likeness (QED) is 0.530. The molecule has 0 N–H and O–H groups in total. The molecule has 0 unspecified atom stereocenters. The van der Waals surface area contributed by atoms with Crippen LogP contribution in [0, 0.1) is 17.8 Å². The van der Waals surface area contributed by atoms with Crippen molar-refractivity contribution in [1.82, 2.24) is 0 Å². The van der Waals surface area contributed by atoms with Crippen LogP contribution in [-0.4, -0.2) is 11.8 Å². The third-order valence-corrected chi connectivity index (χ3v) is 5.55. The molecule has 2 aromatic carbocycles. The van der Waals surface area contributed by atoms with E-state index in [1.54, 1.807) is 24.3 Å². The zero-order valence-electron chi connectivity index (χ0n) is 14.3. The number of anilines is 1. The topological polar surface area (TPSA) is 46.6 Å². The van der Waals surface area contributed by atoms with Crippen molar-refractivity contribution in [1.29, 1.82) is 0 Å². The van der Waals surface area contributed by atoms with Crippen molar-refractivity contribution in [2.75, 3.05) is 4.90 Å². The van der Waals surface area contributed by atoms with Crippen LogP contribution >= 0.6 is 15.9 Å². The van der Waals surface area contributed by atoms with Crippen molar-refractivity contribution >= 4 is 33.4 Å². The number of nitrogens with zero attached hydrogens (tertiary/aromatic N) is 1. The predicted octanol–water partition coefficient (Wildman–Crippen LogP) is 4.94. The maximum absolute atomic E-state index is 12.8. The van der Waals surface area contributed by atoms with E-state index >= 15 is 0 Å². The minimum absolute atomic E-state index is 0.0928. The van der Waals surface area contributed by atoms with E-state index in [0.29, 0.717) is 17.9 Å². The largest absolute Gasteiger partial charge is 0.457 e. The van der Waals surface area contributed by atoms with Gasteiger partial charge in [0.1, 0.15) is 11.5 Å². The first-order chi connectivity index (χ1) is 12.5. The molecule has 1 fully saturated rings. The molecule has 5 heteroatoms. The zero-order valence-corrected chi connectivity index (χ0v) is 15.8. The van der Waals surface area contributed by atoms with Crippen LogP contribution in [0.1, 0.15) is 13.3 Å². The molecule has 2 aromatic rings. The highest BCUT2D eigenvalue weighted by Crippen LogP contribution is 2.40. The second-order valence-electron chi connectivity index (χ2n) is 6.72. The van der Waals surface area contributed by atoms with Gasteiger partial charge in [0.25, 0.3) is 0 Å². The Bertz CT molecular complexity index is 873. The molecule has 1 aliphatic carbocycles. The van der Waals surface area contributed by atoms with Gasteiger partial charge in [0, 0.05) is 4.47 Å². The van der Waals surface area contributed by atoms with Gasteiger partial charge in [-0.2, -0.15) is 0 Å². The summed E-state index contributed by atoms with van der Waals surface area (Å²) in [7, 11) is 0. The molecule has 3 atom stereocenters. The number of imide groups is 1. The lowest BCUT2D eigenvalue weighted by molar-refractivity contribution is -0.122. The summed E-state index contributed by atoms with van der Waals surface area (Å²) in [6, 6.07) is 14.6. The van der Waals surface area contributed by atoms with Crippen LogP contribution in [0.25, 0.3) is 0 Å². The van der Waals surface area contributed by atoms with E-state index in [4.69, 9.17) is 4.74 Å². The Kier molecular flexibility index (Phi) is 4.41. The first-order valence-corrected chi connectivity index (χ1v) is 9.42. The molecule has 1 heterocycles. The Morgan fingerprint density at radius 3 is 2.19 bits per heavy atom. The van der Waals surface area contributed by atoms with Crippen molar-refractivity contribution in [2.45, 2.75) is 13.3 Å². The summed E-state index contributed by atoms with van der Waals surface area (Å²) in [6.45, 7) is 2.00. The van der Waals surface area contributed by atoms with Gasteiger partial charge in [0.15, 0.2) is 0 Å². The lowest BCUT2D eigenvalue weighted by Gasteiger charge is -2.22. The molecular formula is C21H18BrNO3. The molecule has 1 aliphatic heterocycles. The second kappa shape index (κ2) is 6.72. The van der Waals surface area contributed by atoms with Gasteiger partial charge in [-0.1, -0.05) is 35.0 Å². The number of carbonyl (C=O) groups is 2. The number of carbonyl (C=O) groups excluding carboxylic acids is 2. The average Bonchev–Trinajstić information content (AvgIpc) is 2.90. The second-order valence-corrected chi connectivity index (χ2v) is 7.63. The van der Waals surface area contributed by atoms with Crippen molar-refractivity contribution < 1.29 is 14.3 Å². The van der Waals surface area contributed by atoms with E-state index in [1.165, 1.54) is 4.90 Å². The summed E-state index contributed by atoms with van der Waals surface area (Å²) in [5.41, 5.74) is 0.602. The number of amides is 2. The highest BCUT2D eigenvalue weighted by molar-refractivity contribution is 9.10. The molecule has 1 saturated heterocycles. The fourth-order valence-electron chi connectivity index (χ4n) is 3.70. The number of benzene rings is 2. The van der Waals surface area contributed by atoms with Gasteiger partial charge < -0.3 is 4.74 Å². The number of hydrogen-bond donors (Lipinski definition) is 0. The summed E-state index contributed by atoms with van der Waals surface area (Å²) < 4.78 is 6.78. The molecule has 0 radical (unpaired) electrons. The Morgan fingerprint density at radius 2 is 1.58 bits per heavy atom. The lowest BCUT2D eigenvalue weighted by Crippen LogP contribution is -2.31. The van der Waals surface area contributed by atoms with Gasteiger partial charge in [0.05, 0.1) is 17.5 Å². The minimum atomic E-state index is -0.244. The number of ether oxygens (including phenoxy) is 1. The van der Waals surface area contributed by atoms with E-state index in [0.717, 1.165) is 10.2 Å². The summed E-state index contributed by atoms with van der Waals surface area (Å²) in [6.07, 6.45) is 4.68. The van der Waals surface area contributed by atoms with Crippen LogP contribution in [0.2, 0.25) is 0 Å². The van der Waals surface area contributed by atoms with Crippen LogP contribution < -0.4 is 9.64 Å². The number of allylic oxidation sites excluding steroid dienone is 2. The Morgan fingerprint density at radius 1 is 0.962 bits per heavy atom. The maximum atomic E-state index is 12.8. The maximum Gasteiger partial charge on any atom is 0.238 e. The van der Waals surface area contributed by atoms with Gasteiger partial charge in [-0.05, 0) is 60.9 Å². The van der Waals surface area contributed by atoms with Gasteiger partial charge in [-0.15, -0.1) is 0 Å². The van der Waals surface area contributed by atoms with Crippen LogP contribution in [0.3, 0.4) is 0 Å². The number of hydrogen-bond acceptors (Lipinski definition) is 3. The number of rotatable bonds is 3. The van der Waals surface area contributed by atoms with Crippen molar-refractivity contribution in [3.05, 3.63) is 65.2 Å². The SMILES string of the molecule is C[C@@H]1C=CC[C@@H]2C(=O)N(c3ccc(Oc4ccc(Br)cc4)cc3)C(=O)[C@H]12. The predicted molar refractivity (Wildman–Crippen MR) is 103 cm³/mol. The fourth-order valence-corrected chi connectivity index (χ4v) is 3.97. The molecule has 0 aromatic heterocycles. The average molecular weight is 412 g/mol. The van der Waals surface area contributed by atoms with Gasteiger partial charge in [-0.3, -0.25) is 14.5 Å². The molecule has 0 spiro atoms. The third kappa shape index (κ3) is 2.97. The van der Waals surface area contributed by atoms with Crippen molar-refractivity contribution in [3.8, 4) is 11.5 Å². The smallest absolute Gasteiger partial charge is 0.238 e. The standard InChI is InChI=1S/C21H18BrNO3/c1-13-3-2-4-18-19(13)21(25)23(20(18)24)15-7-11-17(12-8-15)26-16-9-5-14(22)6-10-16/h2-3,5-13,18-19H,4H2,1H3/t13-,18+,19-/m1/s1. The first kappa shape index (κ1) is 17.0. The summed E-state index contributed by atoms with van der Waals surface area (Å²) in [5.74, 6) is 0.793. The Balaban J connectivity index is 1.54. The van der Waals surface area contributed by atoms with Crippen LogP contribution in [0.4, 0.5) is 5.69 Å². The Labute approximate surface area is 160 Å². The van der Waals surface area contributed by atoms with E-state index in [2.05, 4.69) is 15.9 Å². The highest BCUT2D eigenvalue weighted by atomic mass is 79.9. The van der Waals surface area contributed by atoms with Crippen molar-refractivity contribution in [2.24, 2.45) is 17.8 Å². The molecule has 0 bridgehead atoms. The van der Waals surface area contributed by atoms with Crippen LogP contribution in [-0.2, 0) is 9.59 Å². The normalized spacial score (nSPS) is 24.7. The molecule has 4 rings (SSSR count). The molecule has 132 valence electrons.